The van der Waals surface area contributed by atoms with Gasteiger partial charge in [0.1, 0.15) is 5.75 Å². The molecule has 0 saturated heterocycles. The van der Waals surface area contributed by atoms with E-state index in [0.717, 1.165) is 0 Å². The van der Waals surface area contributed by atoms with Gasteiger partial charge in [-0.3, -0.25) is 10.1 Å². The molecule has 0 heterocycles. The Morgan fingerprint density at radius 1 is 1.14 bits per heavy atom. The van der Waals surface area contributed by atoms with Crippen molar-refractivity contribution in [1.82, 2.24) is 0 Å². The van der Waals surface area contributed by atoms with Crippen molar-refractivity contribution >= 4 is 11.7 Å². The Morgan fingerprint density at radius 3 is 2.29 bits per heavy atom. The van der Waals surface area contributed by atoms with Crippen LogP contribution in [0.25, 0.3) is 0 Å². The highest BCUT2D eigenvalue weighted by Gasteiger charge is 2.20. The molecular formula is C15H13NO5. The molecule has 0 bridgehead atoms. The average molecular weight is 287 g/mol. The number of para-hydroxylation sites is 1. The Labute approximate surface area is 120 Å². The minimum absolute atomic E-state index is 0.0328. The number of rotatable bonds is 6. The second-order valence-corrected chi connectivity index (χ2v) is 4.39. The smallest absolute Gasteiger partial charge is 0.345 e. The highest BCUT2D eigenvalue weighted by molar-refractivity contribution is 5.73. The first-order chi connectivity index (χ1) is 10.1. The molecule has 2 aromatic rings. The van der Waals surface area contributed by atoms with E-state index in [1.54, 1.807) is 30.3 Å². The average Bonchev–Trinajstić information content (AvgIpc) is 2.48. The van der Waals surface area contributed by atoms with Crippen molar-refractivity contribution < 1.29 is 19.6 Å². The molecule has 0 saturated carbocycles. The van der Waals surface area contributed by atoms with Crippen molar-refractivity contribution in [2.45, 2.75) is 12.5 Å². The third-order valence-electron chi connectivity index (χ3n) is 2.87. The molecule has 0 aliphatic carbocycles. The summed E-state index contributed by atoms with van der Waals surface area (Å²) in [5, 5.41) is 19.8. The van der Waals surface area contributed by atoms with Gasteiger partial charge in [0.2, 0.25) is 0 Å². The van der Waals surface area contributed by atoms with Crippen LogP contribution in [0.15, 0.2) is 54.6 Å². The van der Waals surface area contributed by atoms with Crippen LogP contribution in [0.2, 0.25) is 0 Å². The highest BCUT2D eigenvalue weighted by Crippen LogP contribution is 2.16. The van der Waals surface area contributed by atoms with Crippen LogP contribution in [0, 0.1) is 10.1 Å². The summed E-state index contributed by atoms with van der Waals surface area (Å²) in [5.41, 5.74) is 0.624. The number of ether oxygens (including phenoxy) is 1. The fourth-order valence-corrected chi connectivity index (χ4v) is 1.81. The lowest BCUT2D eigenvalue weighted by molar-refractivity contribution is -0.384. The van der Waals surface area contributed by atoms with Crippen molar-refractivity contribution in [3.8, 4) is 5.75 Å². The molecule has 0 aliphatic rings. The van der Waals surface area contributed by atoms with E-state index in [1.165, 1.54) is 24.3 Å². The van der Waals surface area contributed by atoms with Gasteiger partial charge in [-0.05, 0) is 17.7 Å². The number of nitrogens with zero attached hydrogens (tertiary/aromatic N) is 1. The van der Waals surface area contributed by atoms with Crippen molar-refractivity contribution in [2.75, 3.05) is 0 Å². The Kier molecular flexibility index (Phi) is 4.50. The van der Waals surface area contributed by atoms with Crippen molar-refractivity contribution in [3.05, 3.63) is 70.3 Å². The lowest BCUT2D eigenvalue weighted by Crippen LogP contribution is -2.29. The minimum Gasteiger partial charge on any atom is -0.478 e. The summed E-state index contributed by atoms with van der Waals surface area (Å²) < 4.78 is 5.42. The monoisotopic (exact) mass is 287 g/mol. The van der Waals surface area contributed by atoms with E-state index in [9.17, 15) is 20.0 Å². The zero-order chi connectivity index (χ0) is 15.2. The Bertz CT molecular complexity index is 624. The van der Waals surface area contributed by atoms with Gasteiger partial charge in [0.25, 0.3) is 5.69 Å². The number of carboxylic acids is 1. The lowest BCUT2D eigenvalue weighted by atomic mass is 10.1. The molecule has 0 spiro atoms. The summed E-state index contributed by atoms with van der Waals surface area (Å²) in [6, 6.07) is 14.4. The predicted molar refractivity (Wildman–Crippen MR) is 75.3 cm³/mol. The molecule has 108 valence electrons. The summed E-state index contributed by atoms with van der Waals surface area (Å²) in [4.78, 5) is 21.3. The molecule has 2 rings (SSSR count). The number of aliphatic carboxylic acids is 1. The lowest BCUT2D eigenvalue weighted by Gasteiger charge is -2.15. The van der Waals surface area contributed by atoms with Crippen LogP contribution in [-0.4, -0.2) is 22.1 Å². The van der Waals surface area contributed by atoms with Crippen molar-refractivity contribution in [3.63, 3.8) is 0 Å². The van der Waals surface area contributed by atoms with Crippen LogP contribution in [-0.2, 0) is 11.2 Å². The van der Waals surface area contributed by atoms with Crippen LogP contribution < -0.4 is 4.74 Å². The van der Waals surface area contributed by atoms with E-state index in [4.69, 9.17) is 4.74 Å². The SMILES string of the molecule is O=C(O)C(Cc1ccc([N+](=O)[O-])cc1)Oc1ccccc1. The van der Waals surface area contributed by atoms with Crippen molar-refractivity contribution in [2.24, 2.45) is 0 Å². The largest absolute Gasteiger partial charge is 0.478 e. The normalized spacial score (nSPS) is 11.6. The topological polar surface area (TPSA) is 89.7 Å². The number of nitro benzene ring substituents is 1. The molecule has 1 unspecified atom stereocenters. The number of benzene rings is 2. The van der Waals surface area contributed by atoms with E-state index >= 15 is 0 Å². The third kappa shape index (κ3) is 4.04. The molecule has 21 heavy (non-hydrogen) atoms. The molecular weight excluding hydrogens is 274 g/mol. The van der Waals surface area contributed by atoms with Crippen LogP contribution in [0.3, 0.4) is 0 Å². The van der Waals surface area contributed by atoms with E-state index in [2.05, 4.69) is 0 Å². The fraction of sp³-hybridized carbons (Fsp3) is 0.133. The standard InChI is InChI=1S/C15H13NO5/c17-15(18)14(21-13-4-2-1-3-5-13)10-11-6-8-12(9-7-11)16(19)20/h1-9,14H,10H2,(H,17,18). The number of carbonyl (C=O) groups is 1. The van der Waals surface area contributed by atoms with Crippen LogP contribution in [0.1, 0.15) is 5.56 Å². The summed E-state index contributed by atoms with van der Waals surface area (Å²) in [5.74, 6) is -0.621. The van der Waals surface area contributed by atoms with Gasteiger partial charge in [-0.2, -0.15) is 0 Å². The summed E-state index contributed by atoms with van der Waals surface area (Å²) in [6.07, 6.45) is -0.920. The first-order valence-corrected chi connectivity index (χ1v) is 6.24. The van der Waals surface area contributed by atoms with Gasteiger partial charge in [0.15, 0.2) is 6.10 Å². The first kappa shape index (κ1) is 14.5. The number of carboxylic acid groups (broad SMARTS) is 1. The molecule has 0 radical (unpaired) electrons. The van der Waals surface area contributed by atoms with E-state index in [-0.39, 0.29) is 12.1 Å². The molecule has 6 nitrogen and oxygen atoms in total. The number of non-ortho nitro benzene ring substituents is 1. The molecule has 0 amide bonds. The van der Waals surface area contributed by atoms with Gasteiger partial charge in [0.05, 0.1) is 4.92 Å². The van der Waals surface area contributed by atoms with E-state index < -0.39 is 17.0 Å². The van der Waals surface area contributed by atoms with E-state index in [0.29, 0.717) is 11.3 Å². The third-order valence-corrected chi connectivity index (χ3v) is 2.87. The summed E-state index contributed by atoms with van der Waals surface area (Å²) >= 11 is 0. The second-order valence-electron chi connectivity index (χ2n) is 4.39. The molecule has 0 aliphatic heterocycles. The number of hydrogen-bond acceptors (Lipinski definition) is 4. The zero-order valence-electron chi connectivity index (χ0n) is 11.0. The van der Waals surface area contributed by atoms with Crippen LogP contribution in [0.4, 0.5) is 5.69 Å². The zero-order valence-corrected chi connectivity index (χ0v) is 11.0. The van der Waals surface area contributed by atoms with Gasteiger partial charge in [-0.15, -0.1) is 0 Å². The highest BCUT2D eigenvalue weighted by atomic mass is 16.6. The first-order valence-electron chi connectivity index (χ1n) is 6.24. The van der Waals surface area contributed by atoms with Gasteiger partial charge in [-0.1, -0.05) is 30.3 Å². The quantitative estimate of drug-likeness (QED) is 0.651. The molecule has 1 atom stereocenters. The fourth-order valence-electron chi connectivity index (χ4n) is 1.81. The Balaban J connectivity index is 2.09. The molecule has 0 fully saturated rings. The van der Waals surface area contributed by atoms with Crippen LogP contribution in [0.5, 0.6) is 5.75 Å². The van der Waals surface area contributed by atoms with Gasteiger partial charge >= 0.3 is 5.97 Å². The number of hydrogen-bond donors (Lipinski definition) is 1. The minimum atomic E-state index is -1.09. The van der Waals surface area contributed by atoms with E-state index in [1.807, 2.05) is 0 Å². The maximum atomic E-state index is 11.3. The maximum absolute atomic E-state index is 11.3. The van der Waals surface area contributed by atoms with Gasteiger partial charge in [0, 0.05) is 18.6 Å². The molecule has 6 heteroatoms. The molecule has 0 aromatic heterocycles. The van der Waals surface area contributed by atoms with Crippen LogP contribution >= 0.6 is 0 Å². The second kappa shape index (κ2) is 6.51. The molecule has 1 N–H and O–H groups in total. The Hall–Kier alpha value is -2.89. The molecule has 2 aromatic carbocycles. The summed E-state index contributed by atoms with van der Waals surface area (Å²) in [7, 11) is 0. The predicted octanol–water partition coefficient (Wildman–Crippen LogP) is 2.67. The maximum Gasteiger partial charge on any atom is 0.345 e. The number of nitro groups is 1. The van der Waals surface area contributed by atoms with Gasteiger partial charge < -0.3 is 9.84 Å². The van der Waals surface area contributed by atoms with Crippen molar-refractivity contribution in [1.29, 1.82) is 0 Å². The summed E-state index contributed by atoms with van der Waals surface area (Å²) in [6.45, 7) is 0. The van der Waals surface area contributed by atoms with Gasteiger partial charge in [-0.25, -0.2) is 4.79 Å². The Morgan fingerprint density at radius 2 is 1.76 bits per heavy atom.